The highest BCUT2D eigenvalue weighted by Crippen LogP contribution is 2.32. The van der Waals surface area contributed by atoms with Crippen LogP contribution in [0.25, 0.3) is 0 Å². The number of hydrogen-bond donors (Lipinski definition) is 1. The van der Waals surface area contributed by atoms with Crippen molar-refractivity contribution in [2.75, 3.05) is 31.1 Å². The van der Waals surface area contributed by atoms with E-state index >= 15 is 0 Å². The Balaban J connectivity index is 1.30. The van der Waals surface area contributed by atoms with Gasteiger partial charge in [0.1, 0.15) is 5.82 Å². The Morgan fingerprint density at radius 1 is 1.03 bits per heavy atom. The van der Waals surface area contributed by atoms with Crippen molar-refractivity contribution >= 4 is 23.3 Å². The second-order valence-corrected chi connectivity index (χ2v) is 8.42. The van der Waals surface area contributed by atoms with E-state index in [-0.39, 0.29) is 29.2 Å². The minimum atomic E-state index is -0.499. The van der Waals surface area contributed by atoms with E-state index in [0.29, 0.717) is 25.5 Å². The van der Waals surface area contributed by atoms with Gasteiger partial charge in [-0.05, 0) is 54.9 Å². The Kier molecular flexibility index (Phi) is 5.83. The van der Waals surface area contributed by atoms with E-state index in [4.69, 9.17) is 0 Å². The predicted molar refractivity (Wildman–Crippen MR) is 122 cm³/mol. The Bertz CT molecular complexity index is 1140. The van der Waals surface area contributed by atoms with Crippen LogP contribution >= 0.6 is 0 Å². The first-order valence-electron chi connectivity index (χ1n) is 11.1. The van der Waals surface area contributed by atoms with Crippen molar-refractivity contribution in [3.05, 3.63) is 83.8 Å². The van der Waals surface area contributed by atoms with Gasteiger partial charge in [-0.3, -0.25) is 14.5 Å². The number of amides is 2. The number of aromatic nitrogens is 2. The van der Waals surface area contributed by atoms with E-state index in [1.54, 1.807) is 40.3 Å². The van der Waals surface area contributed by atoms with Crippen molar-refractivity contribution in [1.29, 1.82) is 0 Å². The molecule has 0 unspecified atom stereocenters. The standard InChI is InChI=1S/C25H24FN5O2/c26-22-5-2-1-4-21(22)25(33)30-15-19(16-30)17-7-9-20(10-8-17)31(23-6-3-12-28-29-23)24(32)18-11-13-27-14-18/h1-10,12,18-19,27H,11,13-16H2/t18-/m0/s1. The summed E-state index contributed by atoms with van der Waals surface area (Å²) in [6.45, 7) is 2.55. The molecule has 33 heavy (non-hydrogen) atoms. The van der Waals surface area contributed by atoms with E-state index in [2.05, 4.69) is 15.5 Å². The Morgan fingerprint density at radius 3 is 2.48 bits per heavy atom. The lowest BCUT2D eigenvalue weighted by Crippen LogP contribution is -2.48. The molecule has 2 saturated heterocycles. The van der Waals surface area contributed by atoms with Crippen molar-refractivity contribution < 1.29 is 14.0 Å². The number of nitrogens with zero attached hydrogens (tertiary/aromatic N) is 4. The molecule has 2 aromatic carbocycles. The molecule has 3 heterocycles. The van der Waals surface area contributed by atoms with Crippen molar-refractivity contribution in [3.63, 3.8) is 0 Å². The number of halogens is 1. The van der Waals surface area contributed by atoms with Crippen LogP contribution in [0.5, 0.6) is 0 Å². The summed E-state index contributed by atoms with van der Waals surface area (Å²) in [5.41, 5.74) is 1.91. The molecule has 168 valence electrons. The molecule has 0 bridgehead atoms. The first-order chi connectivity index (χ1) is 16.1. The molecule has 1 atom stereocenters. The van der Waals surface area contributed by atoms with Crippen LogP contribution in [-0.2, 0) is 4.79 Å². The third-order valence-electron chi connectivity index (χ3n) is 6.31. The maximum atomic E-state index is 13.9. The van der Waals surface area contributed by atoms with Crippen LogP contribution in [-0.4, -0.2) is 53.1 Å². The second kappa shape index (κ2) is 9.07. The summed E-state index contributed by atoms with van der Waals surface area (Å²) in [6.07, 6.45) is 2.37. The number of benzene rings is 2. The molecule has 0 spiro atoms. The van der Waals surface area contributed by atoms with Gasteiger partial charge in [-0.1, -0.05) is 24.3 Å². The van der Waals surface area contributed by atoms with E-state index in [1.807, 2.05) is 24.3 Å². The number of rotatable bonds is 5. The zero-order chi connectivity index (χ0) is 22.8. The van der Waals surface area contributed by atoms with Gasteiger partial charge >= 0.3 is 0 Å². The summed E-state index contributed by atoms with van der Waals surface area (Å²) in [5, 5.41) is 11.3. The molecule has 5 rings (SSSR count). The van der Waals surface area contributed by atoms with E-state index in [1.165, 1.54) is 12.1 Å². The third-order valence-corrected chi connectivity index (χ3v) is 6.31. The highest BCUT2D eigenvalue weighted by molar-refractivity contribution is 6.01. The van der Waals surface area contributed by atoms with Gasteiger partial charge in [-0.25, -0.2) is 4.39 Å². The van der Waals surface area contributed by atoms with Gasteiger partial charge in [0.15, 0.2) is 5.82 Å². The van der Waals surface area contributed by atoms with Gasteiger partial charge in [0, 0.05) is 31.7 Å². The van der Waals surface area contributed by atoms with Crippen LogP contribution < -0.4 is 10.2 Å². The first-order valence-corrected chi connectivity index (χ1v) is 11.1. The molecule has 2 amide bonds. The molecule has 7 nitrogen and oxygen atoms in total. The molecular formula is C25H24FN5O2. The van der Waals surface area contributed by atoms with Crippen molar-refractivity contribution in [1.82, 2.24) is 20.4 Å². The summed E-state index contributed by atoms with van der Waals surface area (Å²) in [5.74, 6) is -0.219. The number of nitrogens with one attached hydrogen (secondary N) is 1. The largest absolute Gasteiger partial charge is 0.337 e. The summed E-state index contributed by atoms with van der Waals surface area (Å²) in [7, 11) is 0. The number of hydrogen-bond acceptors (Lipinski definition) is 5. The molecule has 0 aliphatic carbocycles. The minimum absolute atomic E-state index is 0.00134. The van der Waals surface area contributed by atoms with Crippen molar-refractivity contribution in [2.24, 2.45) is 5.92 Å². The topological polar surface area (TPSA) is 78.4 Å². The molecule has 2 aliphatic rings. The zero-order valence-electron chi connectivity index (χ0n) is 18.0. The fraction of sp³-hybridized carbons (Fsp3) is 0.280. The van der Waals surface area contributed by atoms with Crippen LogP contribution in [0.2, 0.25) is 0 Å². The van der Waals surface area contributed by atoms with Gasteiger partial charge in [-0.15, -0.1) is 5.10 Å². The molecule has 0 radical (unpaired) electrons. The van der Waals surface area contributed by atoms with Crippen LogP contribution in [0.4, 0.5) is 15.9 Å². The van der Waals surface area contributed by atoms with Gasteiger partial charge in [0.25, 0.3) is 5.91 Å². The summed E-state index contributed by atoms with van der Waals surface area (Å²) in [4.78, 5) is 29.1. The zero-order valence-corrected chi connectivity index (χ0v) is 18.0. The lowest BCUT2D eigenvalue weighted by molar-refractivity contribution is -0.121. The van der Waals surface area contributed by atoms with E-state index in [9.17, 15) is 14.0 Å². The maximum Gasteiger partial charge on any atom is 0.256 e. The predicted octanol–water partition coefficient (Wildman–Crippen LogP) is 3.13. The highest BCUT2D eigenvalue weighted by atomic mass is 19.1. The van der Waals surface area contributed by atoms with Gasteiger partial charge in [0.05, 0.1) is 17.2 Å². The number of anilines is 2. The molecule has 1 N–H and O–H groups in total. The summed E-state index contributed by atoms with van der Waals surface area (Å²) < 4.78 is 13.9. The van der Waals surface area contributed by atoms with Crippen molar-refractivity contribution in [2.45, 2.75) is 12.3 Å². The number of carbonyl (C=O) groups is 2. The molecular weight excluding hydrogens is 421 g/mol. The van der Waals surface area contributed by atoms with Crippen LogP contribution in [0.1, 0.15) is 28.3 Å². The van der Waals surface area contributed by atoms with Gasteiger partial charge in [-0.2, -0.15) is 5.10 Å². The van der Waals surface area contributed by atoms with Gasteiger partial charge in [0.2, 0.25) is 5.91 Å². The minimum Gasteiger partial charge on any atom is -0.337 e. The number of carbonyl (C=O) groups excluding carboxylic acids is 2. The Labute approximate surface area is 191 Å². The van der Waals surface area contributed by atoms with Crippen molar-refractivity contribution in [3.8, 4) is 0 Å². The van der Waals surface area contributed by atoms with Crippen LogP contribution in [0, 0.1) is 11.7 Å². The first kappa shape index (κ1) is 21.2. The molecule has 1 aromatic heterocycles. The second-order valence-electron chi connectivity index (χ2n) is 8.42. The number of likely N-dealkylation sites (tertiary alicyclic amines) is 1. The average molecular weight is 445 g/mol. The molecule has 3 aromatic rings. The van der Waals surface area contributed by atoms with E-state index in [0.717, 1.165) is 24.2 Å². The van der Waals surface area contributed by atoms with Crippen LogP contribution in [0.3, 0.4) is 0 Å². The lowest BCUT2D eigenvalue weighted by Gasteiger charge is -2.39. The maximum absolute atomic E-state index is 13.9. The molecule has 2 fully saturated rings. The van der Waals surface area contributed by atoms with Gasteiger partial charge < -0.3 is 10.2 Å². The fourth-order valence-corrected chi connectivity index (χ4v) is 4.39. The SMILES string of the molecule is O=C(c1ccccc1F)N1CC(c2ccc(N(C(=O)[C@H]3CCNC3)c3cccnn3)cc2)C1. The van der Waals surface area contributed by atoms with Crippen LogP contribution in [0.15, 0.2) is 66.9 Å². The summed E-state index contributed by atoms with van der Waals surface area (Å²) in [6, 6.07) is 17.4. The quantitative estimate of drug-likeness (QED) is 0.653. The fourth-order valence-electron chi connectivity index (χ4n) is 4.39. The monoisotopic (exact) mass is 445 g/mol. The molecule has 0 saturated carbocycles. The highest BCUT2D eigenvalue weighted by Gasteiger charge is 2.34. The summed E-state index contributed by atoms with van der Waals surface area (Å²) >= 11 is 0. The normalized spacial score (nSPS) is 18.1. The van der Waals surface area contributed by atoms with E-state index < -0.39 is 5.82 Å². The molecule has 2 aliphatic heterocycles. The smallest absolute Gasteiger partial charge is 0.256 e. The molecule has 8 heteroatoms. The lowest BCUT2D eigenvalue weighted by atomic mass is 9.90. The Hall–Kier alpha value is -3.65. The Morgan fingerprint density at radius 2 is 1.82 bits per heavy atom. The average Bonchev–Trinajstić information content (AvgIpc) is 3.35. The third kappa shape index (κ3) is 4.21.